The van der Waals surface area contributed by atoms with Crippen molar-refractivity contribution in [3.63, 3.8) is 0 Å². The maximum absolute atomic E-state index is 14.6. The van der Waals surface area contributed by atoms with Gasteiger partial charge < -0.3 is 19.5 Å². The van der Waals surface area contributed by atoms with Crippen LogP contribution >= 0.6 is 11.6 Å². The average Bonchev–Trinajstić information content (AvgIpc) is 3.45. The van der Waals surface area contributed by atoms with Crippen LogP contribution in [0.2, 0.25) is 5.02 Å². The summed E-state index contributed by atoms with van der Waals surface area (Å²) in [4.78, 5) is 57.4. The van der Waals surface area contributed by atoms with Crippen LogP contribution in [0.5, 0.6) is 0 Å². The Morgan fingerprint density at radius 3 is 2.17 bits per heavy atom. The standard InChI is InChI=1S/C50H75ClN2O7/c1-31(2)42-36(55)27-50(40(59-32(3)54)30-53(26-25-52(11)12)29-33-13-15-34(51)16-14-33)24-23-48(9)35(43(42)50)17-18-38-47(8)21-20-39(60-41(56)28-45(4,5)44(57)58)46(6,7)37(47)19-22-49(38,48)10/h13-16,31,35,37-40H,17-30H2,1-12H3,(H,57,58)/t35-,37+,38-,39+,40-,47+,48-,49-,50-/m1/s1. The third-order valence-corrected chi connectivity index (χ3v) is 17.6. The summed E-state index contributed by atoms with van der Waals surface area (Å²) in [5.74, 6) is -0.457. The quantitative estimate of drug-likeness (QED) is 0.183. The van der Waals surface area contributed by atoms with Gasteiger partial charge in [-0.3, -0.25) is 24.1 Å². The second-order valence-electron chi connectivity index (χ2n) is 22.3. The Morgan fingerprint density at radius 2 is 1.57 bits per heavy atom. The Kier molecular flexibility index (Phi) is 13.0. The number of Topliss-reactive ketones (excluding diaryl/α,β-unsaturated/α-hetero) is 1. The number of esters is 2. The lowest BCUT2D eigenvalue weighted by atomic mass is 9.33. The number of aliphatic carboxylic acids is 1. The zero-order chi connectivity index (χ0) is 44.4. The number of carboxylic acid groups (broad SMARTS) is 1. The number of ether oxygens (including phenoxy) is 2. The molecular weight excluding hydrogens is 776 g/mol. The summed E-state index contributed by atoms with van der Waals surface area (Å²) in [6.07, 6.45) is 7.11. The number of rotatable bonds is 14. The van der Waals surface area contributed by atoms with Gasteiger partial charge in [0.25, 0.3) is 0 Å². The highest BCUT2D eigenvalue weighted by atomic mass is 35.5. The molecule has 9 nitrogen and oxygen atoms in total. The number of nitrogens with zero attached hydrogens (tertiary/aromatic N) is 2. The number of fused-ring (bicyclic) bond motifs is 7. The van der Waals surface area contributed by atoms with Gasteiger partial charge in [-0.15, -0.1) is 0 Å². The van der Waals surface area contributed by atoms with Crippen LogP contribution in [0.3, 0.4) is 0 Å². The minimum absolute atomic E-state index is 0.00240. The number of carbonyl (C=O) groups is 4. The topological polar surface area (TPSA) is 113 Å². The number of ketones is 1. The molecule has 4 fully saturated rings. The van der Waals surface area contributed by atoms with Gasteiger partial charge >= 0.3 is 17.9 Å². The van der Waals surface area contributed by atoms with E-state index >= 15 is 0 Å². The lowest BCUT2D eigenvalue weighted by molar-refractivity contribution is -0.235. The SMILES string of the molecule is CC(=O)O[C@H](CN(CCN(C)C)Cc1ccc(Cl)cc1)[C@]12CC[C@]3(C)[C@H](CC[C@@H]4[C@@]5(C)CC[C@H](OC(=O)CC(C)(C)C(=O)O)C(C)(C)[C@@H]5CC[C@]43C)C1=C(C(C)C)C(=O)C2. The Hall–Kier alpha value is -2.75. The fourth-order valence-electron chi connectivity index (χ4n) is 14.1. The van der Waals surface area contributed by atoms with Crippen LogP contribution in [0.15, 0.2) is 35.4 Å². The second-order valence-corrected chi connectivity index (χ2v) is 22.8. The van der Waals surface area contributed by atoms with E-state index in [1.807, 2.05) is 12.1 Å². The molecule has 10 heteroatoms. The Morgan fingerprint density at radius 1 is 0.900 bits per heavy atom. The molecule has 0 radical (unpaired) electrons. The van der Waals surface area contributed by atoms with Gasteiger partial charge in [0.2, 0.25) is 0 Å². The Balaban J connectivity index is 1.33. The largest absolute Gasteiger partial charge is 0.481 e. The van der Waals surface area contributed by atoms with Crippen molar-refractivity contribution in [3.8, 4) is 0 Å². The number of likely N-dealkylation sites (N-methyl/N-ethyl adjacent to an activating group) is 1. The van der Waals surface area contributed by atoms with Crippen molar-refractivity contribution in [1.29, 1.82) is 0 Å². The van der Waals surface area contributed by atoms with E-state index in [2.05, 4.69) is 84.5 Å². The van der Waals surface area contributed by atoms with Crippen molar-refractivity contribution in [2.45, 2.75) is 152 Å². The minimum atomic E-state index is -1.18. The maximum atomic E-state index is 14.6. The van der Waals surface area contributed by atoms with Crippen molar-refractivity contribution >= 4 is 35.3 Å². The van der Waals surface area contributed by atoms with Crippen molar-refractivity contribution in [1.82, 2.24) is 9.80 Å². The van der Waals surface area contributed by atoms with Gasteiger partial charge in [0.15, 0.2) is 5.78 Å². The summed E-state index contributed by atoms with van der Waals surface area (Å²) in [6, 6.07) is 7.98. The van der Waals surface area contributed by atoms with Gasteiger partial charge in [0.1, 0.15) is 12.2 Å². The molecule has 4 saturated carbocycles. The summed E-state index contributed by atoms with van der Waals surface area (Å²) >= 11 is 6.28. The molecule has 0 amide bonds. The van der Waals surface area contributed by atoms with Crippen LogP contribution in [0.25, 0.3) is 0 Å². The summed E-state index contributed by atoms with van der Waals surface area (Å²) in [5, 5.41) is 10.4. The van der Waals surface area contributed by atoms with E-state index in [0.29, 0.717) is 36.4 Å². The van der Waals surface area contributed by atoms with Gasteiger partial charge in [-0.05, 0) is 148 Å². The van der Waals surface area contributed by atoms with Crippen LogP contribution in [-0.2, 0) is 35.2 Å². The summed E-state index contributed by atoms with van der Waals surface area (Å²) in [7, 11) is 4.15. The molecule has 5 aliphatic carbocycles. The van der Waals surface area contributed by atoms with Gasteiger partial charge in [0.05, 0.1) is 11.8 Å². The van der Waals surface area contributed by atoms with Crippen molar-refractivity contribution in [2.24, 2.45) is 56.2 Å². The first kappa shape index (κ1) is 46.7. The smallest absolute Gasteiger partial charge is 0.309 e. The second kappa shape index (κ2) is 16.7. The van der Waals surface area contributed by atoms with Gasteiger partial charge in [-0.25, -0.2) is 0 Å². The summed E-state index contributed by atoms with van der Waals surface area (Å²) < 4.78 is 12.7. The first-order valence-electron chi connectivity index (χ1n) is 22.8. The number of halogens is 1. The molecule has 60 heavy (non-hydrogen) atoms. The Labute approximate surface area is 365 Å². The lowest BCUT2D eigenvalue weighted by Gasteiger charge is -2.72. The zero-order valence-corrected chi connectivity index (χ0v) is 39.6. The number of hydrogen-bond donors (Lipinski definition) is 1. The maximum Gasteiger partial charge on any atom is 0.309 e. The van der Waals surface area contributed by atoms with E-state index in [0.717, 1.165) is 75.6 Å². The van der Waals surface area contributed by atoms with Crippen LogP contribution in [0.4, 0.5) is 0 Å². The first-order chi connectivity index (χ1) is 27.8. The van der Waals surface area contributed by atoms with E-state index in [4.69, 9.17) is 21.1 Å². The summed E-state index contributed by atoms with van der Waals surface area (Å²) in [6.45, 7) is 24.0. The number of carboxylic acids is 1. The molecule has 1 aromatic carbocycles. The molecule has 0 aliphatic heterocycles. The molecule has 0 saturated heterocycles. The monoisotopic (exact) mass is 851 g/mol. The van der Waals surface area contributed by atoms with Crippen molar-refractivity contribution in [2.75, 3.05) is 33.7 Å². The third kappa shape index (κ3) is 8.15. The lowest BCUT2D eigenvalue weighted by Crippen LogP contribution is -2.66. The van der Waals surface area contributed by atoms with Crippen LogP contribution in [-0.4, -0.2) is 84.5 Å². The van der Waals surface area contributed by atoms with E-state index in [1.165, 1.54) is 12.5 Å². The molecule has 1 aromatic rings. The zero-order valence-electron chi connectivity index (χ0n) is 38.8. The van der Waals surface area contributed by atoms with Gasteiger partial charge in [-0.2, -0.15) is 0 Å². The first-order valence-corrected chi connectivity index (χ1v) is 23.2. The van der Waals surface area contributed by atoms with Crippen molar-refractivity contribution < 1.29 is 33.8 Å². The number of hydrogen-bond acceptors (Lipinski definition) is 8. The summed E-state index contributed by atoms with van der Waals surface area (Å²) in [5.41, 5.74) is 1.36. The average molecular weight is 852 g/mol. The minimum Gasteiger partial charge on any atom is -0.481 e. The van der Waals surface area contributed by atoms with Gasteiger partial charge in [0, 0.05) is 55.4 Å². The van der Waals surface area contributed by atoms with E-state index in [9.17, 15) is 24.3 Å². The normalized spacial score (nSPS) is 34.2. The van der Waals surface area contributed by atoms with Crippen LogP contribution in [0.1, 0.15) is 139 Å². The van der Waals surface area contributed by atoms with Crippen LogP contribution in [0, 0.1) is 56.2 Å². The van der Waals surface area contributed by atoms with Crippen molar-refractivity contribution in [3.05, 3.63) is 46.0 Å². The highest BCUT2D eigenvalue weighted by molar-refractivity contribution is 6.30. The number of carbonyl (C=O) groups excluding carboxylic acids is 3. The predicted octanol–water partition coefficient (Wildman–Crippen LogP) is 10.0. The predicted molar refractivity (Wildman–Crippen MR) is 236 cm³/mol. The molecule has 5 aliphatic rings. The molecule has 9 atom stereocenters. The van der Waals surface area contributed by atoms with Gasteiger partial charge in [-0.1, -0.05) is 72.2 Å². The highest BCUT2D eigenvalue weighted by Gasteiger charge is 2.71. The molecule has 0 bridgehead atoms. The molecule has 0 aromatic heterocycles. The van der Waals surface area contributed by atoms with E-state index < -0.39 is 28.9 Å². The molecule has 0 unspecified atom stereocenters. The fourth-order valence-corrected chi connectivity index (χ4v) is 14.2. The molecular formula is C50H75ClN2O7. The number of allylic oxidation sites excluding steroid dienone is 1. The molecule has 1 N–H and O–H groups in total. The molecule has 0 spiro atoms. The Bertz CT molecular complexity index is 1850. The molecule has 334 valence electrons. The number of benzene rings is 1. The van der Waals surface area contributed by atoms with Crippen LogP contribution < -0.4 is 0 Å². The third-order valence-electron chi connectivity index (χ3n) is 17.4. The highest BCUT2D eigenvalue weighted by Crippen LogP contribution is 2.77. The molecule has 0 heterocycles. The van der Waals surface area contributed by atoms with E-state index in [1.54, 1.807) is 13.8 Å². The van der Waals surface area contributed by atoms with E-state index in [-0.39, 0.29) is 57.8 Å². The molecule has 6 rings (SSSR count). The fraction of sp³-hybridized carbons (Fsp3) is 0.760.